The predicted molar refractivity (Wildman–Crippen MR) is 71.0 cm³/mol. The van der Waals surface area contributed by atoms with Crippen LogP contribution in [0.1, 0.15) is 18.1 Å². The van der Waals surface area contributed by atoms with Crippen LogP contribution >= 0.6 is 11.6 Å². The number of anilines is 1. The Balaban J connectivity index is 3.41. The molecule has 0 aliphatic heterocycles. The van der Waals surface area contributed by atoms with Gasteiger partial charge in [-0.1, -0.05) is 11.6 Å². The molecule has 1 rings (SSSR count). The van der Waals surface area contributed by atoms with Crippen LogP contribution < -0.4 is 9.64 Å². The van der Waals surface area contributed by atoms with Gasteiger partial charge in [0.2, 0.25) is 0 Å². The zero-order valence-electron chi connectivity index (χ0n) is 10.8. The number of halogens is 1. The summed E-state index contributed by atoms with van der Waals surface area (Å²) in [4.78, 5) is 1.87. The lowest BCUT2D eigenvalue weighted by Gasteiger charge is -2.27. The van der Waals surface area contributed by atoms with Crippen LogP contribution in [0.5, 0.6) is 5.75 Å². The molecular formula is C13H17ClN2O. The number of methoxy groups -OCH3 is 1. The topological polar surface area (TPSA) is 36.3 Å². The van der Waals surface area contributed by atoms with E-state index in [4.69, 9.17) is 21.6 Å². The van der Waals surface area contributed by atoms with E-state index in [1.165, 1.54) is 0 Å². The molecule has 3 nitrogen and oxygen atoms in total. The summed E-state index contributed by atoms with van der Waals surface area (Å²) in [5.74, 6) is 0.744. The first-order chi connectivity index (χ1) is 7.93. The van der Waals surface area contributed by atoms with Gasteiger partial charge in [-0.3, -0.25) is 0 Å². The molecule has 0 spiro atoms. The number of hydrogen-bond acceptors (Lipinski definition) is 3. The Morgan fingerprint density at radius 2 is 2.06 bits per heavy atom. The first-order valence-electron chi connectivity index (χ1n) is 5.40. The van der Waals surface area contributed by atoms with Gasteiger partial charge < -0.3 is 9.64 Å². The Kier molecular flexibility index (Phi) is 4.25. The Labute approximate surface area is 108 Å². The number of benzene rings is 1. The van der Waals surface area contributed by atoms with Gasteiger partial charge in [0.15, 0.2) is 0 Å². The fourth-order valence-electron chi connectivity index (χ4n) is 1.79. The number of ether oxygens (including phenoxy) is 1. The van der Waals surface area contributed by atoms with Crippen LogP contribution in [-0.4, -0.2) is 20.2 Å². The van der Waals surface area contributed by atoms with Crippen molar-refractivity contribution >= 4 is 17.3 Å². The van der Waals surface area contributed by atoms with E-state index in [9.17, 15) is 0 Å². The summed E-state index contributed by atoms with van der Waals surface area (Å²) in [5.41, 5.74) is 2.79. The maximum Gasteiger partial charge on any atom is 0.142 e. The molecule has 4 heteroatoms. The third-order valence-electron chi connectivity index (χ3n) is 2.95. The van der Waals surface area contributed by atoms with E-state index in [2.05, 4.69) is 6.07 Å². The summed E-state index contributed by atoms with van der Waals surface area (Å²) >= 11 is 6.24. The molecule has 0 bridgehead atoms. The summed E-state index contributed by atoms with van der Waals surface area (Å²) in [6, 6.07) is 3.86. The molecule has 1 atom stereocenters. The quantitative estimate of drug-likeness (QED) is 0.828. The third-order valence-corrected chi connectivity index (χ3v) is 3.53. The molecule has 0 aliphatic rings. The molecule has 0 N–H and O–H groups in total. The van der Waals surface area contributed by atoms with Gasteiger partial charge in [0, 0.05) is 12.1 Å². The monoisotopic (exact) mass is 252 g/mol. The number of hydrogen-bond donors (Lipinski definition) is 0. The standard InChI is InChI=1S/C13H17ClN2O/c1-8-6-11(17-5)13(10(3)12(8)14)16(4)9(2)7-15/h6,9H,1-5H3. The summed E-state index contributed by atoms with van der Waals surface area (Å²) in [6.45, 7) is 5.72. The van der Waals surface area contributed by atoms with E-state index in [0.717, 1.165) is 27.6 Å². The second-order valence-electron chi connectivity index (χ2n) is 4.10. The summed E-state index contributed by atoms with van der Waals surface area (Å²) < 4.78 is 5.37. The van der Waals surface area contributed by atoms with E-state index < -0.39 is 0 Å². The highest BCUT2D eigenvalue weighted by atomic mass is 35.5. The van der Waals surface area contributed by atoms with Gasteiger partial charge in [0.05, 0.1) is 18.9 Å². The lowest BCUT2D eigenvalue weighted by atomic mass is 10.1. The van der Waals surface area contributed by atoms with Crippen molar-refractivity contribution in [1.29, 1.82) is 5.26 Å². The van der Waals surface area contributed by atoms with Crippen molar-refractivity contribution < 1.29 is 4.74 Å². The molecule has 0 saturated carbocycles. The largest absolute Gasteiger partial charge is 0.495 e. The van der Waals surface area contributed by atoms with Crippen LogP contribution in [0.15, 0.2) is 6.07 Å². The molecule has 0 saturated heterocycles. The number of aryl methyl sites for hydroxylation is 1. The van der Waals surface area contributed by atoms with Gasteiger partial charge in [-0.05, 0) is 38.0 Å². The highest BCUT2D eigenvalue weighted by molar-refractivity contribution is 6.32. The highest BCUT2D eigenvalue weighted by Gasteiger charge is 2.19. The minimum absolute atomic E-state index is 0.235. The molecule has 0 fully saturated rings. The van der Waals surface area contributed by atoms with Gasteiger partial charge in [-0.2, -0.15) is 5.26 Å². The van der Waals surface area contributed by atoms with Gasteiger partial charge in [-0.15, -0.1) is 0 Å². The van der Waals surface area contributed by atoms with Crippen molar-refractivity contribution in [1.82, 2.24) is 0 Å². The number of nitrogens with zero attached hydrogens (tertiary/aromatic N) is 2. The fourth-order valence-corrected chi connectivity index (χ4v) is 1.93. The van der Waals surface area contributed by atoms with Crippen LogP contribution in [-0.2, 0) is 0 Å². The molecule has 0 amide bonds. The van der Waals surface area contributed by atoms with Crippen LogP contribution in [0.3, 0.4) is 0 Å². The maximum atomic E-state index is 8.98. The molecular weight excluding hydrogens is 236 g/mol. The minimum atomic E-state index is -0.235. The number of nitriles is 1. The van der Waals surface area contributed by atoms with Crippen LogP contribution in [0.2, 0.25) is 5.02 Å². The van der Waals surface area contributed by atoms with Crippen LogP contribution in [0, 0.1) is 25.2 Å². The minimum Gasteiger partial charge on any atom is -0.495 e. The van der Waals surface area contributed by atoms with E-state index in [0.29, 0.717) is 0 Å². The molecule has 1 aromatic rings. The third kappa shape index (κ3) is 2.48. The molecule has 0 heterocycles. The lowest BCUT2D eigenvalue weighted by molar-refractivity contribution is 0.414. The molecule has 0 aromatic heterocycles. The predicted octanol–water partition coefficient (Wildman–Crippen LogP) is 3.31. The Morgan fingerprint density at radius 1 is 1.47 bits per heavy atom. The van der Waals surface area contributed by atoms with Gasteiger partial charge in [-0.25, -0.2) is 0 Å². The normalized spacial score (nSPS) is 11.8. The van der Waals surface area contributed by atoms with Crippen molar-refractivity contribution in [2.24, 2.45) is 0 Å². The van der Waals surface area contributed by atoms with Crippen molar-refractivity contribution in [3.63, 3.8) is 0 Å². The molecule has 17 heavy (non-hydrogen) atoms. The highest BCUT2D eigenvalue weighted by Crippen LogP contribution is 2.38. The van der Waals surface area contributed by atoms with Crippen LogP contribution in [0.25, 0.3) is 0 Å². The molecule has 92 valence electrons. The Hall–Kier alpha value is -1.40. The second kappa shape index (κ2) is 5.29. The molecule has 0 aliphatic carbocycles. The van der Waals surface area contributed by atoms with Crippen molar-refractivity contribution in [3.8, 4) is 11.8 Å². The maximum absolute atomic E-state index is 8.98. The van der Waals surface area contributed by atoms with Crippen molar-refractivity contribution in [2.45, 2.75) is 26.8 Å². The summed E-state index contributed by atoms with van der Waals surface area (Å²) in [7, 11) is 3.49. The molecule has 1 aromatic carbocycles. The summed E-state index contributed by atoms with van der Waals surface area (Å²) in [6.07, 6.45) is 0. The first-order valence-corrected chi connectivity index (χ1v) is 5.78. The van der Waals surface area contributed by atoms with Crippen molar-refractivity contribution in [3.05, 3.63) is 22.2 Å². The van der Waals surface area contributed by atoms with Crippen molar-refractivity contribution in [2.75, 3.05) is 19.1 Å². The Bertz CT molecular complexity index is 465. The van der Waals surface area contributed by atoms with Gasteiger partial charge in [0.1, 0.15) is 11.8 Å². The number of rotatable bonds is 3. The van der Waals surface area contributed by atoms with Crippen LogP contribution in [0.4, 0.5) is 5.69 Å². The molecule has 1 unspecified atom stereocenters. The van der Waals surface area contributed by atoms with Gasteiger partial charge in [0.25, 0.3) is 0 Å². The zero-order chi connectivity index (χ0) is 13.2. The smallest absolute Gasteiger partial charge is 0.142 e. The van der Waals surface area contributed by atoms with E-state index in [1.807, 2.05) is 38.8 Å². The van der Waals surface area contributed by atoms with E-state index in [-0.39, 0.29) is 6.04 Å². The summed E-state index contributed by atoms with van der Waals surface area (Å²) in [5, 5.41) is 9.70. The average Bonchev–Trinajstić information content (AvgIpc) is 2.33. The van der Waals surface area contributed by atoms with Gasteiger partial charge >= 0.3 is 0 Å². The lowest BCUT2D eigenvalue weighted by Crippen LogP contribution is -2.28. The molecule has 0 radical (unpaired) electrons. The fraction of sp³-hybridized carbons (Fsp3) is 0.462. The average molecular weight is 253 g/mol. The SMILES string of the molecule is COc1cc(C)c(Cl)c(C)c1N(C)C(C)C#N. The van der Waals surface area contributed by atoms with E-state index in [1.54, 1.807) is 7.11 Å². The second-order valence-corrected chi connectivity index (χ2v) is 4.48. The zero-order valence-corrected chi connectivity index (χ0v) is 11.6. The van der Waals surface area contributed by atoms with E-state index >= 15 is 0 Å². The Morgan fingerprint density at radius 3 is 2.53 bits per heavy atom. The first kappa shape index (κ1) is 13.7.